The van der Waals surface area contributed by atoms with Crippen LogP contribution in [0.15, 0.2) is 0 Å². The molecule has 1 unspecified atom stereocenters. The number of nitrogens with one attached hydrogen (secondary N) is 2. The number of carbonyl (C=O) groups is 2. The Labute approximate surface area is 96.6 Å². The monoisotopic (exact) mass is 227 g/mol. The van der Waals surface area contributed by atoms with Gasteiger partial charge in [0.15, 0.2) is 0 Å². The normalized spacial score (nSPS) is 18.0. The molecule has 1 aliphatic heterocycles. The minimum Gasteiger partial charge on any atom is -0.345 e. The van der Waals surface area contributed by atoms with Gasteiger partial charge in [-0.05, 0) is 13.3 Å². The zero-order valence-electron chi connectivity index (χ0n) is 10.1. The first-order valence-corrected chi connectivity index (χ1v) is 5.94. The third-order valence-electron chi connectivity index (χ3n) is 2.65. The van der Waals surface area contributed by atoms with E-state index in [0.29, 0.717) is 6.42 Å². The summed E-state index contributed by atoms with van der Waals surface area (Å²) in [6.45, 7) is 6.82. The number of piperazine rings is 1. The van der Waals surface area contributed by atoms with Crippen molar-refractivity contribution in [3.63, 3.8) is 0 Å². The summed E-state index contributed by atoms with van der Waals surface area (Å²) >= 11 is 0. The summed E-state index contributed by atoms with van der Waals surface area (Å²) in [5.41, 5.74) is 0. The molecule has 0 aromatic heterocycles. The molecule has 1 fully saturated rings. The molecule has 0 aromatic rings. The van der Waals surface area contributed by atoms with Crippen molar-refractivity contribution in [1.29, 1.82) is 0 Å². The van der Waals surface area contributed by atoms with Crippen LogP contribution in [0.1, 0.15) is 26.7 Å². The lowest BCUT2D eigenvalue weighted by Crippen LogP contribution is -2.53. The van der Waals surface area contributed by atoms with Crippen LogP contribution in [0.25, 0.3) is 0 Å². The molecule has 1 aliphatic rings. The second-order valence-electron chi connectivity index (χ2n) is 4.11. The Morgan fingerprint density at radius 3 is 2.56 bits per heavy atom. The predicted octanol–water partition coefficient (Wildman–Crippen LogP) is -0.277. The highest BCUT2D eigenvalue weighted by Crippen LogP contribution is 1.98. The largest absolute Gasteiger partial charge is 0.345 e. The van der Waals surface area contributed by atoms with E-state index in [1.54, 1.807) is 11.8 Å². The SMILES string of the molecule is CCCC(=O)NC(C)C(=O)N1CCNCC1. The van der Waals surface area contributed by atoms with E-state index in [1.807, 2.05) is 6.92 Å². The third-order valence-corrected chi connectivity index (χ3v) is 2.65. The van der Waals surface area contributed by atoms with Crippen molar-refractivity contribution >= 4 is 11.8 Å². The van der Waals surface area contributed by atoms with E-state index in [9.17, 15) is 9.59 Å². The minimum absolute atomic E-state index is 0.0194. The molecule has 1 saturated heterocycles. The van der Waals surface area contributed by atoms with Crippen LogP contribution in [0.4, 0.5) is 0 Å². The Morgan fingerprint density at radius 1 is 1.38 bits per heavy atom. The molecule has 1 heterocycles. The molecule has 5 nitrogen and oxygen atoms in total. The van der Waals surface area contributed by atoms with Crippen molar-refractivity contribution in [1.82, 2.24) is 15.5 Å². The van der Waals surface area contributed by atoms with Crippen LogP contribution >= 0.6 is 0 Å². The molecule has 2 amide bonds. The van der Waals surface area contributed by atoms with Crippen LogP contribution in [0.2, 0.25) is 0 Å². The molecule has 0 spiro atoms. The van der Waals surface area contributed by atoms with Gasteiger partial charge in [-0.25, -0.2) is 0 Å². The quantitative estimate of drug-likeness (QED) is 0.694. The molecule has 1 atom stereocenters. The Kier molecular flexibility index (Phi) is 5.25. The summed E-state index contributed by atoms with van der Waals surface area (Å²) in [5.74, 6) is -0.0237. The second-order valence-corrected chi connectivity index (χ2v) is 4.11. The first-order chi connectivity index (χ1) is 7.65. The van der Waals surface area contributed by atoms with Crippen LogP contribution < -0.4 is 10.6 Å². The van der Waals surface area contributed by atoms with E-state index in [1.165, 1.54) is 0 Å². The highest BCUT2D eigenvalue weighted by Gasteiger charge is 2.22. The highest BCUT2D eigenvalue weighted by molar-refractivity contribution is 5.87. The van der Waals surface area contributed by atoms with E-state index in [4.69, 9.17) is 0 Å². The zero-order chi connectivity index (χ0) is 12.0. The van der Waals surface area contributed by atoms with Crippen molar-refractivity contribution in [3.8, 4) is 0 Å². The molecule has 92 valence electrons. The first-order valence-electron chi connectivity index (χ1n) is 5.94. The average Bonchev–Trinajstić information content (AvgIpc) is 2.29. The summed E-state index contributed by atoms with van der Waals surface area (Å²) < 4.78 is 0. The smallest absolute Gasteiger partial charge is 0.244 e. The van der Waals surface area contributed by atoms with Crippen molar-refractivity contribution in [2.24, 2.45) is 0 Å². The molecule has 16 heavy (non-hydrogen) atoms. The highest BCUT2D eigenvalue weighted by atomic mass is 16.2. The summed E-state index contributed by atoms with van der Waals surface area (Å²) in [4.78, 5) is 25.1. The number of carbonyl (C=O) groups excluding carboxylic acids is 2. The number of nitrogens with zero attached hydrogens (tertiary/aromatic N) is 1. The summed E-state index contributed by atoms with van der Waals surface area (Å²) in [7, 11) is 0. The lowest BCUT2D eigenvalue weighted by Gasteiger charge is -2.30. The Bertz CT molecular complexity index is 250. The van der Waals surface area contributed by atoms with Gasteiger partial charge in [-0.15, -0.1) is 0 Å². The fourth-order valence-corrected chi connectivity index (χ4v) is 1.76. The van der Waals surface area contributed by atoms with Gasteiger partial charge in [-0.3, -0.25) is 9.59 Å². The molecule has 0 aliphatic carbocycles. The van der Waals surface area contributed by atoms with Crippen LogP contribution in [0.5, 0.6) is 0 Å². The van der Waals surface area contributed by atoms with Crippen LogP contribution in [-0.4, -0.2) is 48.9 Å². The Hall–Kier alpha value is -1.10. The summed E-state index contributed by atoms with van der Waals surface area (Å²) in [6, 6.07) is -0.405. The number of hydrogen-bond donors (Lipinski definition) is 2. The predicted molar refractivity (Wildman–Crippen MR) is 62.0 cm³/mol. The van der Waals surface area contributed by atoms with Crippen LogP contribution in [0.3, 0.4) is 0 Å². The van der Waals surface area contributed by atoms with Gasteiger partial charge in [0.1, 0.15) is 6.04 Å². The molecule has 1 rings (SSSR count). The van der Waals surface area contributed by atoms with E-state index in [0.717, 1.165) is 32.6 Å². The van der Waals surface area contributed by atoms with Crippen LogP contribution in [-0.2, 0) is 9.59 Å². The van der Waals surface area contributed by atoms with Gasteiger partial charge >= 0.3 is 0 Å². The Morgan fingerprint density at radius 2 is 2.00 bits per heavy atom. The van der Waals surface area contributed by atoms with Crippen molar-refractivity contribution in [2.75, 3.05) is 26.2 Å². The van der Waals surface area contributed by atoms with Gasteiger partial charge in [0.2, 0.25) is 11.8 Å². The van der Waals surface area contributed by atoms with E-state index in [2.05, 4.69) is 10.6 Å². The number of rotatable bonds is 4. The van der Waals surface area contributed by atoms with Crippen molar-refractivity contribution < 1.29 is 9.59 Å². The second kappa shape index (κ2) is 6.48. The number of hydrogen-bond acceptors (Lipinski definition) is 3. The minimum atomic E-state index is -0.405. The van der Waals surface area contributed by atoms with Gasteiger partial charge in [0.05, 0.1) is 0 Å². The molecule has 0 radical (unpaired) electrons. The maximum Gasteiger partial charge on any atom is 0.244 e. The molecule has 0 saturated carbocycles. The number of amides is 2. The third kappa shape index (κ3) is 3.81. The van der Waals surface area contributed by atoms with Crippen LogP contribution in [0, 0.1) is 0 Å². The van der Waals surface area contributed by atoms with E-state index < -0.39 is 6.04 Å². The van der Waals surface area contributed by atoms with E-state index in [-0.39, 0.29) is 11.8 Å². The maximum atomic E-state index is 11.9. The topological polar surface area (TPSA) is 61.4 Å². The summed E-state index contributed by atoms with van der Waals surface area (Å²) in [6.07, 6.45) is 1.29. The molecular weight excluding hydrogens is 206 g/mol. The zero-order valence-corrected chi connectivity index (χ0v) is 10.1. The van der Waals surface area contributed by atoms with Gasteiger partial charge in [-0.1, -0.05) is 6.92 Å². The van der Waals surface area contributed by atoms with Gasteiger partial charge in [-0.2, -0.15) is 0 Å². The molecule has 0 bridgehead atoms. The summed E-state index contributed by atoms with van der Waals surface area (Å²) in [5, 5.41) is 5.92. The molecule has 2 N–H and O–H groups in total. The van der Waals surface area contributed by atoms with Gasteiger partial charge in [0.25, 0.3) is 0 Å². The van der Waals surface area contributed by atoms with Crippen molar-refractivity contribution in [2.45, 2.75) is 32.7 Å². The lowest BCUT2D eigenvalue weighted by atomic mass is 10.2. The molecule has 0 aromatic carbocycles. The first kappa shape index (κ1) is 13.0. The standard InChI is InChI=1S/C11H21N3O2/c1-3-4-10(15)13-9(2)11(16)14-7-5-12-6-8-14/h9,12H,3-8H2,1-2H3,(H,13,15). The average molecular weight is 227 g/mol. The Balaban J connectivity index is 2.37. The maximum absolute atomic E-state index is 11.9. The van der Waals surface area contributed by atoms with Gasteiger partial charge in [0, 0.05) is 32.6 Å². The molecular formula is C11H21N3O2. The van der Waals surface area contributed by atoms with E-state index >= 15 is 0 Å². The fraction of sp³-hybridized carbons (Fsp3) is 0.818. The van der Waals surface area contributed by atoms with Gasteiger partial charge < -0.3 is 15.5 Å². The fourth-order valence-electron chi connectivity index (χ4n) is 1.76. The van der Waals surface area contributed by atoms with Crippen molar-refractivity contribution in [3.05, 3.63) is 0 Å². The molecule has 5 heteroatoms. The lowest BCUT2D eigenvalue weighted by molar-refractivity contribution is -0.136.